The topological polar surface area (TPSA) is 53.2 Å². The predicted octanol–water partition coefficient (Wildman–Crippen LogP) is 5.17. The van der Waals surface area contributed by atoms with Gasteiger partial charge in [-0.25, -0.2) is 0 Å². The van der Waals surface area contributed by atoms with Gasteiger partial charge in [0.2, 0.25) is 0 Å². The van der Waals surface area contributed by atoms with Crippen molar-refractivity contribution in [3.63, 3.8) is 0 Å². The Labute approximate surface area is 174 Å². The van der Waals surface area contributed by atoms with Crippen LogP contribution in [0.5, 0.6) is 5.75 Å². The molecule has 0 saturated heterocycles. The number of aryl methyl sites for hydroxylation is 1. The van der Waals surface area contributed by atoms with E-state index in [1.807, 2.05) is 48.5 Å². The second-order valence-electron chi connectivity index (χ2n) is 6.32. The van der Waals surface area contributed by atoms with Crippen LogP contribution in [0.2, 0.25) is 0 Å². The molecule has 0 aliphatic rings. The highest BCUT2D eigenvalue weighted by Crippen LogP contribution is 2.29. The van der Waals surface area contributed by atoms with Crippen LogP contribution >= 0.6 is 23.5 Å². The minimum absolute atomic E-state index is 0.0536. The Hall–Kier alpha value is -2.13. The number of fused-ring (bicyclic) bond motifs is 1. The molecule has 0 fully saturated rings. The number of hydrogen-bond donors (Lipinski definition) is 1. The van der Waals surface area contributed by atoms with E-state index in [4.69, 9.17) is 10.00 Å². The fourth-order valence-electron chi connectivity index (χ4n) is 2.96. The Balaban J connectivity index is 1.49. The number of aliphatic hydroxyl groups excluding tert-OH is 1. The summed E-state index contributed by atoms with van der Waals surface area (Å²) in [7, 11) is 0. The molecule has 0 aliphatic carbocycles. The molecule has 1 unspecified atom stereocenters. The van der Waals surface area contributed by atoms with E-state index >= 15 is 0 Å². The van der Waals surface area contributed by atoms with Crippen LogP contribution in [0.3, 0.4) is 0 Å². The summed E-state index contributed by atoms with van der Waals surface area (Å²) in [5.74, 6) is 3.16. The van der Waals surface area contributed by atoms with Crippen molar-refractivity contribution in [3.05, 3.63) is 72.3 Å². The van der Waals surface area contributed by atoms with Crippen LogP contribution in [-0.2, 0) is 6.42 Å². The van der Waals surface area contributed by atoms with E-state index < -0.39 is 0 Å². The third-order valence-corrected chi connectivity index (χ3v) is 6.55. The van der Waals surface area contributed by atoms with Crippen molar-refractivity contribution in [2.45, 2.75) is 17.4 Å². The van der Waals surface area contributed by atoms with E-state index in [0.29, 0.717) is 5.75 Å². The lowest BCUT2D eigenvalue weighted by Gasteiger charge is -2.12. The number of rotatable bonds is 10. The number of aliphatic hydroxyl groups is 1. The number of ether oxygens (including phenoxy) is 1. The third-order valence-electron chi connectivity index (χ3n) is 4.28. The van der Waals surface area contributed by atoms with Crippen molar-refractivity contribution < 1.29 is 9.84 Å². The van der Waals surface area contributed by atoms with Crippen molar-refractivity contribution in [1.82, 2.24) is 0 Å². The van der Waals surface area contributed by atoms with E-state index in [0.717, 1.165) is 29.1 Å². The molecular formula is C23H23NO2S2. The molecule has 0 radical (unpaired) electrons. The molecule has 0 spiro atoms. The lowest BCUT2D eigenvalue weighted by Crippen LogP contribution is -2.13. The highest BCUT2D eigenvalue weighted by Gasteiger charge is 2.08. The minimum atomic E-state index is -0.311. The molecular weight excluding hydrogens is 386 g/mol. The van der Waals surface area contributed by atoms with Gasteiger partial charge in [-0.3, -0.25) is 0 Å². The molecule has 0 heterocycles. The highest BCUT2D eigenvalue weighted by atomic mass is 32.2. The summed E-state index contributed by atoms with van der Waals surface area (Å²) < 4.78 is 5.54. The smallest absolute Gasteiger partial charge is 0.174 e. The standard InChI is InChI=1S/C23H23NO2S2/c24-13-14-26-23-11-5-9-21-18(6-4-10-22(21)23)12-15-27-16-19(25)17-28-20-7-2-1-3-8-20/h1-11,19,25H,12,14-17H2. The molecule has 28 heavy (non-hydrogen) atoms. The molecule has 0 aromatic heterocycles. The molecule has 1 N–H and O–H groups in total. The second-order valence-corrected chi connectivity index (χ2v) is 8.56. The van der Waals surface area contributed by atoms with Crippen molar-refractivity contribution in [3.8, 4) is 11.8 Å². The van der Waals surface area contributed by atoms with Gasteiger partial charge in [0.15, 0.2) is 6.61 Å². The van der Waals surface area contributed by atoms with Crippen LogP contribution in [0, 0.1) is 11.3 Å². The number of nitrogens with zero attached hydrogens (tertiary/aromatic N) is 1. The summed E-state index contributed by atoms with van der Waals surface area (Å²) in [5, 5.41) is 21.2. The third kappa shape index (κ3) is 5.93. The maximum absolute atomic E-state index is 10.2. The zero-order valence-electron chi connectivity index (χ0n) is 15.6. The fraction of sp³-hybridized carbons (Fsp3) is 0.261. The van der Waals surface area contributed by atoms with Crippen LogP contribution in [0.25, 0.3) is 10.8 Å². The molecule has 3 nitrogen and oxygen atoms in total. The van der Waals surface area contributed by atoms with Gasteiger partial charge in [-0.1, -0.05) is 48.5 Å². The molecule has 144 valence electrons. The fourth-order valence-corrected chi connectivity index (χ4v) is 4.88. The van der Waals surface area contributed by atoms with Crippen LogP contribution in [0.4, 0.5) is 0 Å². The summed E-state index contributed by atoms with van der Waals surface area (Å²) in [5.41, 5.74) is 1.26. The molecule has 3 aromatic rings. The predicted molar refractivity (Wildman–Crippen MR) is 119 cm³/mol. The normalized spacial score (nSPS) is 11.9. The first-order valence-electron chi connectivity index (χ1n) is 9.22. The van der Waals surface area contributed by atoms with Gasteiger partial charge in [-0.05, 0) is 41.3 Å². The van der Waals surface area contributed by atoms with E-state index in [1.54, 1.807) is 23.5 Å². The minimum Gasteiger partial charge on any atom is -0.478 e. The molecule has 0 amide bonds. The van der Waals surface area contributed by atoms with Crippen LogP contribution < -0.4 is 4.74 Å². The quantitative estimate of drug-likeness (QED) is 0.370. The lowest BCUT2D eigenvalue weighted by molar-refractivity contribution is 0.225. The van der Waals surface area contributed by atoms with Gasteiger partial charge >= 0.3 is 0 Å². The van der Waals surface area contributed by atoms with Gasteiger partial charge in [-0.2, -0.15) is 17.0 Å². The maximum atomic E-state index is 10.2. The first-order valence-corrected chi connectivity index (χ1v) is 11.4. The number of hydrogen-bond acceptors (Lipinski definition) is 5. The van der Waals surface area contributed by atoms with E-state index in [-0.39, 0.29) is 12.7 Å². The van der Waals surface area contributed by atoms with Gasteiger partial charge in [0.1, 0.15) is 11.8 Å². The molecule has 0 aliphatic heterocycles. The Morgan fingerprint density at radius 2 is 1.71 bits per heavy atom. The Bertz CT molecular complexity index is 925. The molecule has 0 bridgehead atoms. The summed E-state index contributed by atoms with van der Waals surface area (Å²) in [6, 6.07) is 24.4. The van der Waals surface area contributed by atoms with Crippen LogP contribution in [-0.4, -0.2) is 35.1 Å². The van der Waals surface area contributed by atoms with Crippen LogP contribution in [0.15, 0.2) is 71.6 Å². The summed E-state index contributed by atoms with van der Waals surface area (Å²) in [6.07, 6.45) is 0.621. The molecule has 1 atom stereocenters. The van der Waals surface area contributed by atoms with Gasteiger partial charge in [-0.15, -0.1) is 11.8 Å². The largest absolute Gasteiger partial charge is 0.478 e. The Morgan fingerprint density at radius 3 is 2.54 bits per heavy atom. The molecule has 3 aromatic carbocycles. The first kappa shape index (κ1) is 20.6. The van der Waals surface area contributed by atoms with Gasteiger partial charge < -0.3 is 9.84 Å². The van der Waals surface area contributed by atoms with Crippen LogP contribution in [0.1, 0.15) is 5.56 Å². The van der Waals surface area contributed by atoms with E-state index in [2.05, 4.69) is 24.3 Å². The van der Waals surface area contributed by atoms with Crippen molar-refractivity contribution >= 4 is 34.3 Å². The lowest BCUT2D eigenvalue weighted by atomic mass is 10.0. The first-order chi connectivity index (χ1) is 13.8. The Kier molecular flexibility index (Phi) is 8.10. The highest BCUT2D eigenvalue weighted by molar-refractivity contribution is 8.00. The van der Waals surface area contributed by atoms with Crippen molar-refractivity contribution in [1.29, 1.82) is 5.26 Å². The van der Waals surface area contributed by atoms with Crippen molar-refractivity contribution in [2.75, 3.05) is 23.9 Å². The summed E-state index contributed by atoms with van der Waals surface area (Å²) in [6.45, 7) is 0.0536. The number of thioether (sulfide) groups is 2. The average molecular weight is 410 g/mol. The monoisotopic (exact) mass is 409 g/mol. The second kappa shape index (κ2) is 11.0. The average Bonchev–Trinajstić information content (AvgIpc) is 2.74. The summed E-state index contributed by atoms with van der Waals surface area (Å²) in [4.78, 5) is 1.19. The van der Waals surface area contributed by atoms with Gasteiger partial charge in [0.25, 0.3) is 0 Å². The number of nitriles is 1. The number of benzene rings is 3. The van der Waals surface area contributed by atoms with E-state index in [1.165, 1.54) is 15.8 Å². The van der Waals surface area contributed by atoms with Crippen molar-refractivity contribution in [2.24, 2.45) is 0 Å². The Morgan fingerprint density at radius 1 is 0.929 bits per heavy atom. The molecule has 3 rings (SSSR count). The summed E-state index contributed by atoms with van der Waals surface area (Å²) >= 11 is 3.47. The zero-order valence-corrected chi connectivity index (χ0v) is 17.2. The van der Waals surface area contributed by atoms with Gasteiger partial charge in [0.05, 0.1) is 6.10 Å². The molecule has 5 heteroatoms. The SMILES string of the molecule is N#CCOc1cccc2c(CCSCC(O)CSc3ccccc3)cccc12. The molecule has 0 saturated carbocycles. The maximum Gasteiger partial charge on any atom is 0.174 e. The zero-order chi connectivity index (χ0) is 19.6. The van der Waals surface area contributed by atoms with Gasteiger partial charge in [0, 0.05) is 21.8 Å². The van der Waals surface area contributed by atoms with E-state index in [9.17, 15) is 5.11 Å².